The van der Waals surface area contributed by atoms with E-state index in [1.807, 2.05) is 48.5 Å². The van der Waals surface area contributed by atoms with E-state index in [1.165, 1.54) is 76.2 Å². The van der Waals surface area contributed by atoms with Crippen molar-refractivity contribution in [2.75, 3.05) is 58.9 Å². The number of hydrogen-bond donors (Lipinski definition) is 5. The van der Waals surface area contributed by atoms with Crippen LogP contribution >= 0.6 is 0 Å². The number of carboxylic acids is 5. The van der Waals surface area contributed by atoms with Gasteiger partial charge in [0.1, 0.15) is 0 Å². The van der Waals surface area contributed by atoms with Crippen molar-refractivity contribution in [3.05, 3.63) is 126 Å². The summed E-state index contributed by atoms with van der Waals surface area (Å²) in [6.07, 6.45) is 29.7. The molecule has 1 saturated carbocycles. The zero-order valence-electron chi connectivity index (χ0n) is 50.6. The molecule has 9 heterocycles. The Bertz CT molecular complexity index is 2760. The molecule has 1 aliphatic carbocycles. The van der Waals surface area contributed by atoms with E-state index in [9.17, 15) is 24.0 Å². The van der Waals surface area contributed by atoms with E-state index in [0.717, 1.165) is 144 Å². The van der Waals surface area contributed by atoms with Crippen molar-refractivity contribution in [1.82, 2.24) is 24.9 Å². The Balaban J connectivity index is 0.000000170. The maximum atomic E-state index is 11.2. The van der Waals surface area contributed by atoms with E-state index < -0.39 is 29.8 Å². The average molecular weight is 1170 g/mol. The molecule has 0 spiro atoms. The summed E-state index contributed by atoms with van der Waals surface area (Å²) in [6, 6.07) is 19.3. The highest BCUT2D eigenvalue weighted by Crippen LogP contribution is 2.33. The molecule has 10 rings (SSSR count). The summed E-state index contributed by atoms with van der Waals surface area (Å²) in [4.78, 5) is 84.2. The zero-order valence-corrected chi connectivity index (χ0v) is 50.6. The fourth-order valence-corrected chi connectivity index (χ4v) is 12.6. The molecule has 4 aliphatic heterocycles. The molecule has 0 amide bonds. The second kappa shape index (κ2) is 34.3. The lowest BCUT2D eigenvalue weighted by atomic mass is 9.80. The Morgan fingerprint density at radius 3 is 1.12 bits per heavy atom. The van der Waals surface area contributed by atoms with Gasteiger partial charge >= 0.3 is 29.8 Å². The van der Waals surface area contributed by atoms with Gasteiger partial charge < -0.3 is 45.1 Å². The number of hydrogen-bond acceptors (Lipinski definition) is 14. The number of anilines is 4. The maximum absolute atomic E-state index is 11.2. The first kappa shape index (κ1) is 66.4. The number of pyridine rings is 5. The highest BCUT2D eigenvalue weighted by molar-refractivity contribution is 5.94. The van der Waals surface area contributed by atoms with Gasteiger partial charge in [0.2, 0.25) is 0 Å². The maximum Gasteiger partial charge on any atom is 0.356 e. The van der Waals surface area contributed by atoms with E-state index in [-0.39, 0.29) is 28.5 Å². The summed E-state index contributed by atoms with van der Waals surface area (Å²) < 4.78 is 0. The number of nitrogens with zero attached hydrogens (tertiary/aromatic N) is 9. The first-order valence-electron chi connectivity index (χ1n) is 31.0. The molecule has 85 heavy (non-hydrogen) atoms. The van der Waals surface area contributed by atoms with Gasteiger partial charge in [-0.05, 0) is 180 Å². The highest BCUT2D eigenvalue weighted by atomic mass is 16.4. The minimum atomic E-state index is -0.945. The summed E-state index contributed by atoms with van der Waals surface area (Å²) in [7, 11) is 0. The van der Waals surface area contributed by atoms with Gasteiger partial charge in [-0.1, -0.05) is 66.4 Å². The Labute approximate surface area is 502 Å². The monoisotopic (exact) mass is 1170 g/mol. The standard InChI is InChI=1S/C14H19NO2.4C13H18N2O2/c1-10-4-6-11(7-5-10)9-12-3-2-8-15-13(12)14(16)17;2*1-2-10-5-4-8-15(9-10)11-6-3-7-14-12(11)13(16)17;2*1-2-10-6-3-4-9-15(10)11-7-5-8-14-12(11)13(16)17/h2-3,8,10-11H,4-7,9H2,1H3,(H,16,17);2*3,6-7,10H,2,4-5,8-9H2,1H3,(H,16,17);2*5,7-8,10H,2-4,6,9H2,1H3,(H,16,17)/t;4*10-/m.1010/s1. The zero-order chi connectivity index (χ0) is 61.3. The fraction of sp³-hybridized carbons (Fsp3) is 0.545. The Morgan fingerprint density at radius 1 is 0.400 bits per heavy atom. The van der Waals surface area contributed by atoms with Gasteiger partial charge in [-0.15, -0.1) is 0 Å². The normalized spacial score (nSPS) is 21.1. The van der Waals surface area contributed by atoms with Gasteiger partial charge in [-0.25, -0.2) is 48.9 Å². The minimum Gasteiger partial charge on any atom is -0.477 e. The SMILES string of the molecule is CC1CCC(Cc2cccnc2C(=O)O)CC1.CC[C@@H]1CCCCN1c1cccnc1C(=O)O.CC[C@@H]1CCCN(c2cccnc2C(=O)O)C1.CC[C@H]1CCCCN1c1cccnc1C(=O)O.CC[C@H]1CCCN(c2cccnc2C(=O)O)C1. The van der Waals surface area contributed by atoms with Crippen LogP contribution < -0.4 is 19.6 Å². The second-order valence-electron chi connectivity index (χ2n) is 23.1. The first-order valence-corrected chi connectivity index (χ1v) is 31.0. The topological polar surface area (TPSA) is 264 Å². The Morgan fingerprint density at radius 2 is 0.753 bits per heavy atom. The Kier molecular flexibility index (Phi) is 26.8. The van der Waals surface area contributed by atoms with Crippen LogP contribution in [0.2, 0.25) is 0 Å². The quantitative estimate of drug-likeness (QED) is 0.0652. The molecule has 5 fully saturated rings. The number of aromatic nitrogens is 5. The molecule has 0 radical (unpaired) electrons. The van der Waals surface area contributed by atoms with Crippen LogP contribution in [-0.2, 0) is 6.42 Å². The number of rotatable bonds is 15. The fourth-order valence-electron chi connectivity index (χ4n) is 12.6. The molecule has 19 nitrogen and oxygen atoms in total. The van der Waals surface area contributed by atoms with Crippen LogP contribution in [-0.4, -0.2) is 132 Å². The van der Waals surface area contributed by atoms with Crippen LogP contribution in [0.15, 0.2) is 91.6 Å². The van der Waals surface area contributed by atoms with Crippen molar-refractivity contribution in [2.24, 2.45) is 23.7 Å². The van der Waals surface area contributed by atoms with E-state index in [2.05, 4.69) is 79.1 Å². The van der Waals surface area contributed by atoms with E-state index in [0.29, 0.717) is 29.8 Å². The van der Waals surface area contributed by atoms with Gasteiger partial charge in [0.15, 0.2) is 28.5 Å². The third-order valence-corrected chi connectivity index (χ3v) is 17.4. The molecular formula is C66H91N9O10. The van der Waals surface area contributed by atoms with Gasteiger partial charge in [0.05, 0.1) is 22.7 Å². The van der Waals surface area contributed by atoms with E-state index in [1.54, 1.807) is 18.3 Å². The van der Waals surface area contributed by atoms with Gasteiger partial charge in [0.25, 0.3) is 0 Å². The lowest BCUT2D eigenvalue weighted by molar-refractivity contribution is 0.0678. The van der Waals surface area contributed by atoms with Crippen LogP contribution in [0.4, 0.5) is 22.7 Å². The molecule has 19 heteroatoms. The number of carboxylic acid groups (broad SMARTS) is 5. The number of aromatic carboxylic acids is 5. The van der Waals surface area contributed by atoms with Gasteiger partial charge in [0, 0.05) is 82.3 Å². The molecule has 0 unspecified atom stereocenters. The summed E-state index contributed by atoms with van der Waals surface area (Å²) in [5.41, 5.74) is 4.87. The van der Waals surface area contributed by atoms with Crippen molar-refractivity contribution in [2.45, 2.75) is 169 Å². The highest BCUT2D eigenvalue weighted by Gasteiger charge is 2.29. The predicted molar refractivity (Wildman–Crippen MR) is 332 cm³/mol. The first-order chi connectivity index (χ1) is 41.1. The van der Waals surface area contributed by atoms with Crippen molar-refractivity contribution in [1.29, 1.82) is 0 Å². The molecule has 0 aromatic carbocycles. The third-order valence-electron chi connectivity index (χ3n) is 17.4. The average Bonchev–Trinajstić information content (AvgIpc) is 3.72. The molecule has 5 aliphatic rings. The van der Waals surface area contributed by atoms with E-state index in [4.69, 9.17) is 25.5 Å². The van der Waals surface area contributed by atoms with Gasteiger partial charge in [-0.3, -0.25) is 0 Å². The smallest absolute Gasteiger partial charge is 0.356 e. The summed E-state index contributed by atoms with van der Waals surface area (Å²) in [6.45, 7) is 16.6. The van der Waals surface area contributed by atoms with Crippen molar-refractivity contribution in [3.8, 4) is 0 Å². The number of piperidine rings is 4. The van der Waals surface area contributed by atoms with Crippen molar-refractivity contribution < 1.29 is 49.5 Å². The van der Waals surface area contributed by atoms with Crippen LogP contribution in [0.5, 0.6) is 0 Å². The molecule has 5 aromatic rings. The van der Waals surface area contributed by atoms with Crippen molar-refractivity contribution >= 4 is 52.6 Å². The third kappa shape index (κ3) is 19.4. The van der Waals surface area contributed by atoms with Crippen LogP contribution in [0.3, 0.4) is 0 Å². The Hall–Kier alpha value is -7.70. The molecule has 4 atom stereocenters. The molecule has 460 valence electrons. The molecule has 5 N–H and O–H groups in total. The van der Waals surface area contributed by atoms with E-state index >= 15 is 0 Å². The van der Waals surface area contributed by atoms with Crippen LogP contribution in [0.1, 0.15) is 208 Å². The van der Waals surface area contributed by atoms with Crippen LogP contribution in [0.25, 0.3) is 0 Å². The molecule has 5 aromatic heterocycles. The lowest BCUT2D eigenvalue weighted by Gasteiger charge is -2.37. The lowest BCUT2D eigenvalue weighted by Crippen LogP contribution is -2.40. The molecule has 0 bridgehead atoms. The second-order valence-corrected chi connectivity index (χ2v) is 23.1. The number of carbonyl (C=O) groups is 5. The predicted octanol–water partition coefficient (Wildman–Crippen LogP) is 13.1. The van der Waals surface area contributed by atoms with Gasteiger partial charge in [-0.2, -0.15) is 0 Å². The summed E-state index contributed by atoms with van der Waals surface area (Å²) in [5, 5.41) is 45.7. The minimum absolute atomic E-state index is 0.171. The largest absolute Gasteiger partial charge is 0.477 e. The molecular weight excluding hydrogens is 1080 g/mol. The molecule has 4 saturated heterocycles. The van der Waals surface area contributed by atoms with Crippen LogP contribution in [0, 0.1) is 23.7 Å². The van der Waals surface area contributed by atoms with Crippen molar-refractivity contribution in [3.63, 3.8) is 0 Å². The summed E-state index contributed by atoms with van der Waals surface area (Å²) in [5.74, 6) is -1.88. The summed E-state index contributed by atoms with van der Waals surface area (Å²) >= 11 is 0.